The van der Waals surface area contributed by atoms with Crippen molar-refractivity contribution in [3.63, 3.8) is 0 Å². The molecule has 0 atom stereocenters. The van der Waals surface area contributed by atoms with Gasteiger partial charge in [-0.2, -0.15) is 0 Å². The number of hydrogen-bond acceptors (Lipinski definition) is 5. The molecule has 0 saturated heterocycles. The van der Waals surface area contributed by atoms with E-state index in [1.165, 1.54) is 11.3 Å². The highest BCUT2D eigenvalue weighted by Crippen LogP contribution is 2.28. The summed E-state index contributed by atoms with van der Waals surface area (Å²) >= 11 is 7.22. The third-order valence-corrected chi connectivity index (χ3v) is 3.83. The molecular formula is C11H18ClN3OS. The molecule has 0 saturated carbocycles. The molecule has 0 aliphatic rings. The van der Waals surface area contributed by atoms with Gasteiger partial charge in [0.1, 0.15) is 4.88 Å². The van der Waals surface area contributed by atoms with E-state index in [2.05, 4.69) is 35.8 Å². The van der Waals surface area contributed by atoms with Crippen LogP contribution >= 0.6 is 22.9 Å². The molecule has 1 aromatic heterocycles. The van der Waals surface area contributed by atoms with Crippen molar-refractivity contribution in [3.05, 3.63) is 10.0 Å². The Kier molecular flexibility index (Phi) is 5.88. The van der Waals surface area contributed by atoms with Crippen molar-refractivity contribution in [2.75, 3.05) is 38.6 Å². The second-order valence-electron chi connectivity index (χ2n) is 4.01. The summed E-state index contributed by atoms with van der Waals surface area (Å²) in [7, 11) is 4.11. The molecule has 0 aromatic carbocycles. The Hall–Kier alpha value is -0.650. The van der Waals surface area contributed by atoms with Gasteiger partial charge in [-0.25, -0.2) is 4.98 Å². The summed E-state index contributed by atoms with van der Waals surface area (Å²) in [5.41, 5.74) is 0. The lowest BCUT2D eigenvalue weighted by Gasteiger charge is -2.20. The molecule has 0 spiro atoms. The van der Waals surface area contributed by atoms with Gasteiger partial charge < -0.3 is 9.80 Å². The molecule has 0 fully saturated rings. The smallest absolute Gasteiger partial charge is 0.187 e. The third kappa shape index (κ3) is 4.26. The second-order valence-corrected chi connectivity index (χ2v) is 5.37. The maximum absolute atomic E-state index is 10.7. The summed E-state index contributed by atoms with van der Waals surface area (Å²) in [6.07, 6.45) is 1.83. The van der Waals surface area contributed by atoms with Gasteiger partial charge in [0.2, 0.25) is 0 Å². The van der Waals surface area contributed by atoms with E-state index >= 15 is 0 Å². The van der Waals surface area contributed by atoms with Crippen molar-refractivity contribution in [1.82, 2.24) is 9.88 Å². The Morgan fingerprint density at radius 2 is 2.12 bits per heavy atom. The highest BCUT2D eigenvalue weighted by Gasteiger charge is 2.13. The van der Waals surface area contributed by atoms with E-state index in [4.69, 9.17) is 11.6 Å². The van der Waals surface area contributed by atoms with E-state index < -0.39 is 0 Å². The lowest BCUT2D eigenvalue weighted by Crippen LogP contribution is -2.26. The van der Waals surface area contributed by atoms with Crippen molar-refractivity contribution >= 4 is 34.4 Å². The highest BCUT2D eigenvalue weighted by molar-refractivity contribution is 7.17. The van der Waals surface area contributed by atoms with Crippen molar-refractivity contribution in [3.8, 4) is 0 Å². The summed E-state index contributed by atoms with van der Waals surface area (Å²) in [5, 5.41) is 1.14. The number of nitrogens with zero attached hydrogens (tertiary/aromatic N) is 3. The Morgan fingerprint density at radius 3 is 2.59 bits per heavy atom. The molecule has 0 N–H and O–H groups in total. The molecule has 96 valence electrons. The van der Waals surface area contributed by atoms with E-state index in [1.54, 1.807) is 0 Å². The van der Waals surface area contributed by atoms with Crippen LogP contribution in [-0.4, -0.2) is 49.9 Å². The van der Waals surface area contributed by atoms with Crippen LogP contribution in [0.3, 0.4) is 0 Å². The molecule has 4 nitrogen and oxygen atoms in total. The number of aromatic nitrogens is 1. The number of hydrogen-bond donors (Lipinski definition) is 0. The molecular weight excluding hydrogens is 258 g/mol. The number of aldehydes is 1. The van der Waals surface area contributed by atoms with Crippen LogP contribution in [0.25, 0.3) is 0 Å². The summed E-state index contributed by atoms with van der Waals surface area (Å²) < 4.78 is 0. The minimum Gasteiger partial charge on any atom is -0.348 e. The van der Waals surface area contributed by atoms with Crippen LogP contribution in [0.1, 0.15) is 23.0 Å². The maximum Gasteiger partial charge on any atom is 0.187 e. The number of carbonyl (C=O) groups is 1. The second kappa shape index (κ2) is 6.93. The zero-order chi connectivity index (χ0) is 12.8. The summed E-state index contributed by atoms with van der Waals surface area (Å²) in [4.78, 5) is 19.7. The molecule has 1 aromatic rings. The normalized spacial score (nSPS) is 10.9. The monoisotopic (exact) mass is 275 g/mol. The molecule has 1 rings (SSSR count). The van der Waals surface area contributed by atoms with Crippen LogP contribution < -0.4 is 4.90 Å². The Balaban J connectivity index is 2.62. The predicted octanol–water partition coefficient (Wildman–Crippen LogP) is 2.39. The van der Waals surface area contributed by atoms with Gasteiger partial charge in [-0.15, -0.1) is 0 Å². The standard InChI is InChI=1S/C11H18ClN3OS/c1-4-15(7-5-6-14(2)3)11-13-10(12)9(8-16)17-11/h8H,4-7H2,1-3H3. The Morgan fingerprint density at radius 1 is 1.41 bits per heavy atom. The SMILES string of the molecule is CCN(CCCN(C)C)c1nc(Cl)c(C=O)s1. The van der Waals surface area contributed by atoms with E-state index in [0.29, 0.717) is 10.0 Å². The first-order valence-electron chi connectivity index (χ1n) is 5.59. The molecule has 0 bridgehead atoms. The number of thiazole rings is 1. The van der Waals surface area contributed by atoms with E-state index in [1.807, 2.05) is 0 Å². The lowest BCUT2D eigenvalue weighted by atomic mass is 10.4. The van der Waals surface area contributed by atoms with Gasteiger partial charge in [0.15, 0.2) is 16.6 Å². The topological polar surface area (TPSA) is 36.4 Å². The highest BCUT2D eigenvalue weighted by atomic mass is 35.5. The van der Waals surface area contributed by atoms with Crippen LogP contribution in [0.5, 0.6) is 0 Å². The molecule has 0 unspecified atom stereocenters. The fraction of sp³-hybridized carbons (Fsp3) is 0.636. The largest absolute Gasteiger partial charge is 0.348 e. The zero-order valence-electron chi connectivity index (χ0n) is 10.4. The molecule has 17 heavy (non-hydrogen) atoms. The Labute approximate surface area is 111 Å². The molecule has 1 heterocycles. The third-order valence-electron chi connectivity index (χ3n) is 2.39. The van der Waals surface area contributed by atoms with E-state index in [0.717, 1.165) is 37.5 Å². The van der Waals surface area contributed by atoms with Crippen molar-refractivity contribution in [1.29, 1.82) is 0 Å². The fourth-order valence-corrected chi connectivity index (χ4v) is 2.63. The maximum atomic E-state index is 10.7. The van der Waals surface area contributed by atoms with Gasteiger partial charge in [0.05, 0.1) is 0 Å². The van der Waals surface area contributed by atoms with Crippen molar-refractivity contribution in [2.24, 2.45) is 0 Å². The quantitative estimate of drug-likeness (QED) is 0.716. The first-order chi connectivity index (χ1) is 8.08. The van der Waals surface area contributed by atoms with E-state index in [-0.39, 0.29) is 0 Å². The number of carbonyl (C=O) groups excluding carboxylic acids is 1. The molecule has 0 radical (unpaired) electrons. The first-order valence-corrected chi connectivity index (χ1v) is 6.79. The predicted molar refractivity (Wildman–Crippen MR) is 73.6 cm³/mol. The average Bonchev–Trinajstić information content (AvgIpc) is 2.65. The lowest BCUT2D eigenvalue weighted by molar-refractivity contribution is 0.112. The summed E-state index contributed by atoms with van der Waals surface area (Å²) in [6.45, 7) is 4.91. The van der Waals surface area contributed by atoms with E-state index in [9.17, 15) is 4.79 Å². The zero-order valence-corrected chi connectivity index (χ0v) is 12.0. The van der Waals surface area contributed by atoms with Gasteiger partial charge in [-0.3, -0.25) is 4.79 Å². The fourth-order valence-electron chi connectivity index (χ4n) is 1.48. The van der Waals surface area contributed by atoms with Crippen LogP contribution in [0, 0.1) is 0 Å². The van der Waals surface area contributed by atoms with Crippen LogP contribution in [0.2, 0.25) is 5.15 Å². The van der Waals surface area contributed by atoms with Crippen LogP contribution in [0.4, 0.5) is 5.13 Å². The number of anilines is 1. The van der Waals surface area contributed by atoms with Gasteiger partial charge in [0.25, 0.3) is 0 Å². The van der Waals surface area contributed by atoms with Gasteiger partial charge in [0, 0.05) is 13.1 Å². The summed E-state index contributed by atoms with van der Waals surface area (Å²) in [6, 6.07) is 0. The molecule has 0 aliphatic carbocycles. The number of halogens is 1. The molecule has 6 heteroatoms. The summed E-state index contributed by atoms with van der Waals surface area (Å²) in [5.74, 6) is 0. The number of rotatable bonds is 7. The minimum atomic E-state index is 0.311. The first kappa shape index (κ1) is 14.4. The van der Waals surface area contributed by atoms with Crippen LogP contribution in [-0.2, 0) is 0 Å². The minimum absolute atomic E-state index is 0.311. The Bertz CT molecular complexity index is 368. The van der Waals surface area contributed by atoms with Crippen LogP contribution in [0.15, 0.2) is 0 Å². The van der Waals surface area contributed by atoms with Crippen molar-refractivity contribution in [2.45, 2.75) is 13.3 Å². The van der Waals surface area contributed by atoms with Gasteiger partial charge in [-0.1, -0.05) is 22.9 Å². The molecule has 0 aliphatic heterocycles. The van der Waals surface area contributed by atoms with Gasteiger partial charge in [-0.05, 0) is 34.0 Å². The molecule has 0 amide bonds. The van der Waals surface area contributed by atoms with Gasteiger partial charge >= 0.3 is 0 Å². The van der Waals surface area contributed by atoms with Crippen molar-refractivity contribution < 1.29 is 4.79 Å². The average molecular weight is 276 g/mol.